The number of carbonyl (C=O) groups excluding carboxylic acids is 5. The van der Waals surface area contributed by atoms with E-state index >= 15 is 0 Å². The van der Waals surface area contributed by atoms with Gasteiger partial charge in [-0.3, -0.25) is 29.3 Å². The van der Waals surface area contributed by atoms with E-state index in [1.54, 1.807) is 32.0 Å². The number of rotatable bonds is 14. The third-order valence-corrected chi connectivity index (χ3v) is 7.96. The van der Waals surface area contributed by atoms with Crippen molar-refractivity contribution < 1.29 is 62.1 Å². The zero-order chi connectivity index (χ0) is 37.1. The van der Waals surface area contributed by atoms with Crippen LogP contribution in [-0.2, 0) is 72.0 Å². The van der Waals surface area contributed by atoms with Crippen molar-refractivity contribution >= 4 is 35.5 Å². The molecule has 3 rings (SSSR count). The van der Waals surface area contributed by atoms with Crippen LogP contribution in [0.3, 0.4) is 0 Å². The number of hydrogen-bond donors (Lipinski definition) is 0. The summed E-state index contributed by atoms with van der Waals surface area (Å²) in [5.74, 6) is -1.91. The molecule has 6 unspecified atom stereocenters. The maximum atomic E-state index is 13.2. The average Bonchev–Trinajstić information content (AvgIpc) is 3.06. The predicted molar refractivity (Wildman–Crippen MR) is 172 cm³/mol. The number of methoxy groups -OCH3 is 1. The standard InChI is InChI=1S/C35H39NO14/c1-8-9-29(48-31(40)16-25-11-10-24(17-45-21(4)37)14-27(25)18-46-22(5)38)26-12-13-30(28(15-26)36(42)43)49-35-33(47-23(6)39)20(3)19(2)32(50-35)34(41)44-7/h1,10-15,19-20,29,32-33,35H,9,16-18H2,2-7H3. The Hall–Kier alpha value is -5.49. The Kier molecular flexibility index (Phi) is 13.8. The Bertz CT molecular complexity index is 1650. The minimum absolute atomic E-state index is 0.0306. The molecule has 15 nitrogen and oxygen atoms in total. The molecule has 0 amide bonds. The van der Waals surface area contributed by atoms with E-state index in [9.17, 15) is 34.1 Å². The van der Waals surface area contributed by atoms with Gasteiger partial charge in [0.1, 0.15) is 19.3 Å². The normalized spacial score (nSPS) is 20.3. The highest BCUT2D eigenvalue weighted by Crippen LogP contribution is 2.38. The molecule has 15 heteroatoms. The van der Waals surface area contributed by atoms with Gasteiger partial charge in [-0.2, -0.15) is 0 Å². The van der Waals surface area contributed by atoms with E-state index in [4.69, 9.17) is 39.6 Å². The van der Waals surface area contributed by atoms with Crippen LogP contribution in [-0.4, -0.2) is 60.4 Å². The summed E-state index contributed by atoms with van der Waals surface area (Å²) in [5.41, 5.74) is 1.17. The third kappa shape index (κ3) is 10.5. The number of esters is 5. The minimum Gasteiger partial charge on any atom is -0.467 e. The minimum atomic E-state index is -1.42. The zero-order valence-corrected chi connectivity index (χ0v) is 28.5. The summed E-state index contributed by atoms with van der Waals surface area (Å²) in [6.07, 6.45) is 0.481. The summed E-state index contributed by atoms with van der Waals surface area (Å²) < 4.78 is 37.8. The topological polar surface area (TPSA) is 193 Å². The Morgan fingerprint density at radius 2 is 1.62 bits per heavy atom. The van der Waals surface area contributed by atoms with E-state index in [1.807, 2.05) is 0 Å². The van der Waals surface area contributed by atoms with E-state index < -0.39 is 76.9 Å². The van der Waals surface area contributed by atoms with Crippen LogP contribution in [0.2, 0.25) is 0 Å². The fraction of sp³-hybridized carbons (Fsp3) is 0.457. The van der Waals surface area contributed by atoms with Crippen LogP contribution in [0.1, 0.15) is 69.4 Å². The van der Waals surface area contributed by atoms with Crippen molar-refractivity contribution in [1.29, 1.82) is 0 Å². The molecule has 50 heavy (non-hydrogen) atoms. The van der Waals surface area contributed by atoms with Crippen LogP contribution in [0.25, 0.3) is 0 Å². The second kappa shape index (κ2) is 17.8. The number of carbonyl (C=O) groups is 5. The molecule has 1 aliphatic heterocycles. The third-order valence-electron chi connectivity index (χ3n) is 7.96. The predicted octanol–water partition coefficient (Wildman–Crippen LogP) is 4.05. The maximum Gasteiger partial charge on any atom is 0.335 e. The summed E-state index contributed by atoms with van der Waals surface area (Å²) in [7, 11) is 1.19. The molecule has 0 aliphatic carbocycles. The van der Waals surface area contributed by atoms with Crippen LogP contribution >= 0.6 is 0 Å². The molecule has 1 heterocycles. The molecule has 1 saturated heterocycles. The molecular formula is C35H39NO14. The molecule has 2 aromatic rings. The first kappa shape index (κ1) is 39.0. The van der Waals surface area contributed by atoms with Gasteiger partial charge in [-0.1, -0.05) is 32.0 Å². The number of nitro groups is 1. The van der Waals surface area contributed by atoms with Crippen LogP contribution < -0.4 is 4.74 Å². The Labute approximate surface area is 288 Å². The van der Waals surface area contributed by atoms with Crippen molar-refractivity contribution in [3.8, 4) is 18.1 Å². The molecule has 0 N–H and O–H groups in total. The molecule has 1 fully saturated rings. The van der Waals surface area contributed by atoms with Gasteiger partial charge in [0.15, 0.2) is 18.0 Å². The molecule has 0 bridgehead atoms. The van der Waals surface area contributed by atoms with Gasteiger partial charge in [-0.05, 0) is 34.7 Å². The molecule has 268 valence electrons. The van der Waals surface area contributed by atoms with Gasteiger partial charge in [0.05, 0.1) is 24.9 Å². The smallest absolute Gasteiger partial charge is 0.335 e. The van der Waals surface area contributed by atoms with Gasteiger partial charge in [0, 0.05) is 38.3 Å². The van der Waals surface area contributed by atoms with Crippen LogP contribution in [0.4, 0.5) is 5.69 Å². The van der Waals surface area contributed by atoms with Crippen molar-refractivity contribution in [2.45, 2.75) is 85.3 Å². The molecule has 2 aromatic carbocycles. The Balaban J connectivity index is 1.88. The molecule has 0 saturated carbocycles. The van der Waals surface area contributed by atoms with E-state index in [2.05, 4.69) is 5.92 Å². The van der Waals surface area contributed by atoms with Crippen molar-refractivity contribution in [1.82, 2.24) is 0 Å². The van der Waals surface area contributed by atoms with Gasteiger partial charge in [-0.15, -0.1) is 12.3 Å². The van der Waals surface area contributed by atoms with Crippen LogP contribution in [0.5, 0.6) is 5.75 Å². The van der Waals surface area contributed by atoms with Gasteiger partial charge in [0.25, 0.3) is 0 Å². The molecular weight excluding hydrogens is 658 g/mol. The highest BCUT2D eigenvalue weighted by atomic mass is 16.7. The van der Waals surface area contributed by atoms with Gasteiger partial charge in [-0.25, -0.2) is 4.79 Å². The van der Waals surface area contributed by atoms with Crippen molar-refractivity contribution in [3.05, 3.63) is 68.8 Å². The summed E-state index contributed by atoms with van der Waals surface area (Å²) in [5, 5.41) is 12.2. The number of hydrogen-bond acceptors (Lipinski definition) is 14. The SMILES string of the molecule is C#CCC(OC(=O)Cc1ccc(COC(C)=O)cc1COC(C)=O)c1ccc(OC2OC(C(=O)OC)C(C)C(C)C2OC(C)=O)c([N+](=O)[O-])c1. The number of benzene rings is 2. The Morgan fingerprint density at radius 3 is 2.22 bits per heavy atom. The highest BCUT2D eigenvalue weighted by Gasteiger charge is 2.48. The van der Waals surface area contributed by atoms with Gasteiger partial charge < -0.3 is 33.2 Å². The van der Waals surface area contributed by atoms with E-state index in [0.717, 1.165) is 6.07 Å². The number of nitrogens with zero attached hydrogens (tertiary/aromatic N) is 1. The summed E-state index contributed by atoms with van der Waals surface area (Å²) in [6, 6.07) is 8.69. The van der Waals surface area contributed by atoms with Crippen molar-refractivity contribution in [3.63, 3.8) is 0 Å². The first-order valence-corrected chi connectivity index (χ1v) is 15.5. The first-order chi connectivity index (χ1) is 23.6. The number of ether oxygens (including phenoxy) is 7. The Morgan fingerprint density at radius 1 is 0.940 bits per heavy atom. The summed E-state index contributed by atoms with van der Waals surface area (Å²) in [6.45, 7) is 6.93. The fourth-order valence-corrected chi connectivity index (χ4v) is 5.24. The zero-order valence-electron chi connectivity index (χ0n) is 28.5. The highest BCUT2D eigenvalue weighted by molar-refractivity contribution is 5.75. The lowest BCUT2D eigenvalue weighted by Gasteiger charge is -2.42. The molecule has 0 spiro atoms. The molecule has 1 aliphatic rings. The van der Waals surface area contributed by atoms with E-state index in [0.29, 0.717) is 16.7 Å². The number of nitro benzene ring substituents is 1. The van der Waals surface area contributed by atoms with Crippen LogP contribution in [0.15, 0.2) is 36.4 Å². The fourth-order valence-electron chi connectivity index (χ4n) is 5.24. The van der Waals surface area contributed by atoms with Crippen molar-refractivity contribution in [2.24, 2.45) is 11.8 Å². The van der Waals surface area contributed by atoms with Crippen LogP contribution in [0, 0.1) is 34.3 Å². The molecule has 0 aromatic heterocycles. The average molecular weight is 698 g/mol. The van der Waals surface area contributed by atoms with Gasteiger partial charge >= 0.3 is 35.5 Å². The van der Waals surface area contributed by atoms with E-state index in [1.165, 1.54) is 40.0 Å². The van der Waals surface area contributed by atoms with E-state index in [-0.39, 0.29) is 37.4 Å². The molecule has 0 radical (unpaired) electrons. The maximum absolute atomic E-state index is 13.2. The lowest BCUT2D eigenvalue weighted by molar-refractivity contribution is -0.387. The number of terminal acetylenes is 1. The molecule has 6 atom stereocenters. The summed E-state index contributed by atoms with van der Waals surface area (Å²) in [4.78, 5) is 71.7. The monoisotopic (exact) mass is 697 g/mol. The second-order valence-electron chi connectivity index (χ2n) is 11.6. The lowest BCUT2D eigenvalue weighted by Crippen LogP contribution is -2.55. The quantitative estimate of drug-likeness (QED) is 0.0902. The summed E-state index contributed by atoms with van der Waals surface area (Å²) >= 11 is 0. The lowest BCUT2D eigenvalue weighted by atomic mass is 9.83. The second-order valence-corrected chi connectivity index (χ2v) is 11.6. The largest absolute Gasteiger partial charge is 0.467 e. The van der Waals surface area contributed by atoms with Gasteiger partial charge in [0.2, 0.25) is 6.29 Å². The first-order valence-electron chi connectivity index (χ1n) is 15.5. The van der Waals surface area contributed by atoms with Crippen molar-refractivity contribution in [2.75, 3.05) is 7.11 Å².